The van der Waals surface area contributed by atoms with Gasteiger partial charge in [-0.2, -0.15) is 11.8 Å². The maximum atomic E-state index is 3.71. The summed E-state index contributed by atoms with van der Waals surface area (Å²) in [5.41, 5.74) is 0. The van der Waals surface area contributed by atoms with Gasteiger partial charge in [-0.25, -0.2) is 0 Å². The van der Waals surface area contributed by atoms with Gasteiger partial charge >= 0.3 is 0 Å². The average molecular weight is 229 g/mol. The molecule has 1 saturated carbocycles. The summed E-state index contributed by atoms with van der Waals surface area (Å²) in [5, 5.41) is 4.48. The summed E-state index contributed by atoms with van der Waals surface area (Å²) in [6, 6.07) is 0.813. The van der Waals surface area contributed by atoms with Crippen molar-refractivity contribution in [2.45, 2.75) is 63.7 Å². The van der Waals surface area contributed by atoms with Crippen molar-refractivity contribution >= 4 is 11.8 Å². The van der Waals surface area contributed by atoms with E-state index in [9.17, 15) is 0 Å². The van der Waals surface area contributed by atoms with Crippen molar-refractivity contribution < 1.29 is 0 Å². The molecular formula is C13H27NS. The first-order chi connectivity index (χ1) is 7.26. The van der Waals surface area contributed by atoms with Gasteiger partial charge in [-0.3, -0.25) is 0 Å². The minimum atomic E-state index is 0.762. The summed E-state index contributed by atoms with van der Waals surface area (Å²) < 4.78 is 0. The monoisotopic (exact) mass is 229 g/mol. The lowest BCUT2D eigenvalue weighted by Gasteiger charge is -2.29. The maximum Gasteiger partial charge on any atom is 0.0141 e. The molecule has 0 radical (unpaired) electrons. The molecule has 0 saturated heterocycles. The van der Waals surface area contributed by atoms with Gasteiger partial charge in [0.05, 0.1) is 0 Å². The highest BCUT2D eigenvalue weighted by Crippen LogP contribution is 2.27. The van der Waals surface area contributed by atoms with Gasteiger partial charge in [-0.1, -0.05) is 26.7 Å². The minimum Gasteiger partial charge on any atom is -0.313 e. The molecule has 1 atom stereocenters. The molecule has 1 N–H and O–H groups in total. The lowest BCUT2D eigenvalue weighted by molar-refractivity contribution is 0.279. The van der Waals surface area contributed by atoms with Crippen LogP contribution in [0.5, 0.6) is 0 Å². The molecule has 0 aromatic heterocycles. The summed E-state index contributed by atoms with van der Waals surface area (Å²) in [7, 11) is 0. The average Bonchev–Trinajstić information content (AvgIpc) is 2.28. The van der Waals surface area contributed by atoms with Gasteiger partial charge in [0.15, 0.2) is 0 Å². The summed E-state index contributed by atoms with van der Waals surface area (Å²) in [4.78, 5) is 0. The van der Waals surface area contributed by atoms with E-state index in [2.05, 4.69) is 25.4 Å². The molecule has 0 spiro atoms. The van der Waals surface area contributed by atoms with E-state index < -0.39 is 0 Å². The Morgan fingerprint density at radius 1 is 1.27 bits per heavy atom. The normalized spacial score (nSPS) is 29.0. The molecule has 0 heterocycles. The fourth-order valence-electron chi connectivity index (χ4n) is 2.48. The molecule has 1 rings (SSSR count). The molecule has 1 fully saturated rings. The highest BCUT2D eigenvalue weighted by Gasteiger charge is 2.20. The Kier molecular flexibility index (Phi) is 6.74. The molecule has 0 aromatic rings. The van der Waals surface area contributed by atoms with Crippen LogP contribution in [0.2, 0.25) is 0 Å². The van der Waals surface area contributed by atoms with Crippen molar-refractivity contribution in [3.8, 4) is 0 Å². The van der Waals surface area contributed by atoms with Crippen LogP contribution in [-0.4, -0.2) is 24.1 Å². The van der Waals surface area contributed by atoms with E-state index in [0.717, 1.165) is 17.2 Å². The molecular weight excluding hydrogens is 202 g/mol. The van der Waals surface area contributed by atoms with Crippen LogP contribution < -0.4 is 5.32 Å². The molecule has 0 amide bonds. The molecule has 0 aromatic carbocycles. The number of nitrogens with one attached hydrogen (secondary N) is 1. The lowest BCUT2D eigenvalue weighted by atomic mass is 9.83. The second-order valence-electron chi connectivity index (χ2n) is 4.96. The fraction of sp³-hybridized carbons (Fsp3) is 1.00. The topological polar surface area (TPSA) is 12.0 Å². The zero-order valence-corrected chi connectivity index (χ0v) is 11.4. The van der Waals surface area contributed by atoms with Crippen LogP contribution in [-0.2, 0) is 0 Å². The maximum absolute atomic E-state index is 3.71. The molecule has 15 heavy (non-hydrogen) atoms. The Morgan fingerprint density at radius 2 is 1.93 bits per heavy atom. The van der Waals surface area contributed by atoms with Gasteiger partial charge in [-0.05, 0) is 37.9 Å². The highest BCUT2D eigenvalue weighted by atomic mass is 32.2. The Balaban J connectivity index is 2.09. The van der Waals surface area contributed by atoms with Crippen molar-refractivity contribution in [3.05, 3.63) is 0 Å². The van der Waals surface area contributed by atoms with Crippen molar-refractivity contribution in [1.29, 1.82) is 0 Å². The van der Waals surface area contributed by atoms with E-state index in [1.807, 2.05) is 11.8 Å². The molecule has 90 valence electrons. The van der Waals surface area contributed by atoms with Gasteiger partial charge in [0.25, 0.3) is 0 Å². The molecule has 1 aliphatic rings. The number of rotatable bonds is 6. The SMILES string of the molecule is CCCC1CCC(NCC(C)SC)CC1. The Bertz CT molecular complexity index is 153. The van der Waals surface area contributed by atoms with Crippen LogP contribution in [0.1, 0.15) is 52.4 Å². The summed E-state index contributed by atoms with van der Waals surface area (Å²) in [5.74, 6) is 1.03. The molecule has 1 aliphatic carbocycles. The van der Waals surface area contributed by atoms with Crippen LogP contribution in [0.4, 0.5) is 0 Å². The van der Waals surface area contributed by atoms with E-state index in [1.165, 1.54) is 45.1 Å². The Labute approximate surface area is 99.8 Å². The van der Waals surface area contributed by atoms with Crippen LogP contribution in [0.3, 0.4) is 0 Å². The molecule has 0 bridgehead atoms. The lowest BCUT2D eigenvalue weighted by Crippen LogP contribution is -2.36. The van der Waals surface area contributed by atoms with Crippen molar-refractivity contribution in [1.82, 2.24) is 5.32 Å². The second kappa shape index (κ2) is 7.56. The first-order valence-corrected chi connectivity index (χ1v) is 7.81. The third-order valence-corrected chi connectivity index (χ3v) is 4.61. The summed E-state index contributed by atoms with van der Waals surface area (Å²) in [6.45, 7) is 5.80. The van der Waals surface area contributed by atoms with Crippen molar-refractivity contribution in [3.63, 3.8) is 0 Å². The van der Waals surface area contributed by atoms with Gasteiger partial charge in [0.2, 0.25) is 0 Å². The van der Waals surface area contributed by atoms with Crippen molar-refractivity contribution in [2.75, 3.05) is 12.8 Å². The van der Waals surface area contributed by atoms with Gasteiger partial charge in [0, 0.05) is 17.8 Å². The number of thioether (sulfide) groups is 1. The van der Waals surface area contributed by atoms with Gasteiger partial charge in [0.1, 0.15) is 0 Å². The van der Waals surface area contributed by atoms with E-state index in [1.54, 1.807) is 0 Å². The van der Waals surface area contributed by atoms with Crippen LogP contribution in [0, 0.1) is 5.92 Å². The Hall–Kier alpha value is 0.310. The predicted molar refractivity (Wildman–Crippen MR) is 71.6 cm³/mol. The predicted octanol–water partition coefficient (Wildman–Crippen LogP) is 3.69. The highest BCUT2D eigenvalue weighted by molar-refractivity contribution is 7.99. The fourth-order valence-corrected chi connectivity index (χ4v) is 2.74. The Morgan fingerprint density at radius 3 is 2.47 bits per heavy atom. The van der Waals surface area contributed by atoms with E-state index in [0.29, 0.717) is 0 Å². The third-order valence-electron chi connectivity index (χ3n) is 3.64. The van der Waals surface area contributed by atoms with Gasteiger partial charge in [-0.15, -0.1) is 0 Å². The zero-order chi connectivity index (χ0) is 11.1. The van der Waals surface area contributed by atoms with Crippen molar-refractivity contribution in [2.24, 2.45) is 5.92 Å². The first-order valence-electron chi connectivity index (χ1n) is 6.52. The zero-order valence-electron chi connectivity index (χ0n) is 10.6. The summed E-state index contributed by atoms with van der Waals surface area (Å²) >= 11 is 1.96. The first kappa shape index (κ1) is 13.4. The quantitative estimate of drug-likeness (QED) is 0.745. The van der Waals surface area contributed by atoms with Crippen LogP contribution >= 0.6 is 11.8 Å². The smallest absolute Gasteiger partial charge is 0.0141 e. The largest absolute Gasteiger partial charge is 0.313 e. The molecule has 1 nitrogen and oxygen atoms in total. The molecule has 1 unspecified atom stereocenters. The molecule has 0 aliphatic heterocycles. The molecule has 2 heteroatoms. The van der Waals surface area contributed by atoms with Gasteiger partial charge < -0.3 is 5.32 Å². The third kappa shape index (κ3) is 5.26. The number of hydrogen-bond donors (Lipinski definition) is 1. The standard InChI is InChI=1S/C13H27NS/c1-4-5-12-6-8-13(9-7-12)14-10-11(2)15-3/h11-14H,4-10H2,1-3H3. The van der Waals surface area contributed by atoms with Crippen LogP contribution in [0.25, 0.3) is 0 Å². The number of hydrogen-bond acceptors (Lipinski definition) is 2. The minimum absolute atomic E-state index is 0.762. The van der Waals surface area contributed by atoms with E-state index >= 15 is 0 Å². The second-order valence-corrected chi connectivity index (χ2v) is 6.24. The van der Waals surface area contributed by atoms with Crippen LogP contribution in [0.15, 0.2) is 0 Å². The summed E-state index contributed by atoms with van der Waals surface area (Å²) in [6.07, 6.45) is 10.8. The van der Waals surface area contributed by atoms with E-state index in [-0.39, 0.29) is 0 Å². The van der Waals surface area contributed by atoms with E-state index in [4.69, 9.17) is 0 Å².